The van der Waals surface area contributed by atoms with Crippen LogP contribution in [0.1, 0.15) is 28.2 Å². The number of benzene rings is 2. The molecule has 0 unspecified atom stereocenters. The normalized spacial score (nSPS) is 12.6. The number of aryl methyl sites for hydroxylation is 1. The molecule has 0 saturated heterocycles. The lowest BCUT2D eigenvalue weighted by Gasteiger charge is -2.10. The number of hydrogen-bond acceptors (Lipinski definition) is 4. The zero-order valence-corrected chi connectivity index (χ0v) is 16.6. The van der Waals surface area contributed by atoms with Crippen molar-refractivity contribution >= 4 is 11.7 Å². The molecule has 0 saturated carbocycles. The summed E-state index contributed by atoms with van der Waals surface area (Å²) in [5.74, 6) is 0.794. The molecule has 1 aliphatic rings. The molecular formula is C23H21N5O2. The van der Waals surface area contributed by atoms with E-state index in [4.69, 9.17) is 9.84 Å². The molecule has 0 radical (unpaired) electrons. The maximum absolute atomic E-state index is 13.2. The summed E-state index contributed by atoms with van der Waals surface area (Å²) in [5.41, 5.74) is 4.12. The third kappa shape index (κ3) is 3.14. The van der Waals surface area contributed by atoms with E-state index in [1.165, 1.54) is 7.11 Å². The molecule has 1 amide bonds. The lowest BCUT2D eigenvalue weighted by Crippen LogP contribution is -2.18. The Morgan fingerprint density at radius 3 is 2.37 bits per heavy atom. The van der Waals surface area contributed by atoms with E-state index in [9.17, 15) is 4.79 Å². The van der Waals surface area contributed by atoms with Crippen molar-refractivity contribution in [2.24, 2.45) is 0 Å². The quantitative estimate of drug-likeness (QED) is 0.554. The Hall–Kier alpha value is -3.87. The van der Waals surface area contributed by atoms with Crippen LogP contribution in [0.4, 0.5) is 5.82 Å². The molecule has 7 nitrogen and oxygen atoms in total. The molecule has 0 aliphatic heterocycles. The van der Waals surface area contributed by atoms with Crippen molar-refractivity contribution in [3.63, 3.8) is 0 Å². The van der Waals surface area contributed by atoms with Crippen molar-refractivity contribution in [1.82, 2.24) is 19.6 Å². The zero-order chi connectivity index (χ0) is 20.5. The number of fused-ring (bicyclic) bond motifs is 1. The highest BCUT2D eigenvalue weighted by molar-refractivity contribution is 6.05. The Balaban J connectivity index is 1.52. The average Bonchev–Trinajstić information content (AvgIpc) is 3.50. The van der Waals surface area contributed by atoms with Gasteiger partial charge in [-0.1, -0.05) is 36.4 Å². The van der Waals surface area contributed by atoms with E-state index < -0.39 is 0 Å². The summed E-state index contributed by atoms with van der Waals surface area (Å²) in [5, 5.41) is 12.3. The molecule has 1 aliphatic carbocycles. The molecule has 2 aromatic carbocycles. The number of rotatable bonds is 5. The highest BCUT2D eigenvalue weighted by atomic mass is 16.5. The van der Waals surface area contributed by atoms with Gasteiger partial charge in [0.1, 0.15) is 5.82 Å². The van der Waals surface area contributed by atoms with Gasteiger partial charge >= 0.3 is 0 Å². The molecule has 2 aromatic heterocycles. The zero-order valence-electron chi connectivity index (χ0n) is 16.6. The fraction of sp³-hybridized carbons (Fsp3) is 0.174. The fourth-order valence-electron chi connectivity index (χ4n) is 3.82. The van der Waals surface area contributed by atoms with E-state index >= 15 is 0 Å². The number of nitrogens with one attached hydrogen (secondary N) is 1. The van der Waals surface area contributed by atoms with Gasteiger partial charge in [-0.25, -0.2) is 9.36 Å². The average molecular weight is 399 g/mol. The summed E-state index contributed by atoms with van der Waals surface area (Å²) >= 11 is 0. The second-order valence-electron chi connectivity index (χ2n) is 7.16. The van der Waals surface area contributed by atoms with Gasteiger partial charge in [0.15, 0.2) is 11.4 Å². The van der Waals surface area contributed by atoms with Crippen LogP contribution in [-0.2, 0) is 12.8 Å². The third-order valence-corrected chi connectivity index (χ3v) is 5.28. The predicted molar refractivity (Wildman–Crippen MR) is 114 cm³/mol. The summed E-state index contributed by atoms with van der Waals surface area (Å²) in [6.07, 6.45) is 4.57. The molecule has 0 spiro atoms. The maximum Gasteiger partial charge on any atom is 0.281 e. The van der Waals surface area contributed by atoms with Gasteiger partial charge in [0.05, 0.1) is 30.4 Å². The molecule has 2 heterocycles. The number of ether oxygens (including phenoxy) is 1. The molecule has 1 N–H and O–H groups in total. The standard InChI is InChI=1S/C23H21N5O2/c1-30-20-15-27(16-9-4-2-5-10-16)26-21(20)23(29)24-22-18-13-8-14-19(18)25-28(22)17-11-6-3-7-12-17/h2-7,9-12,15H,8,13-14H2,1H3,(H,24,29). The van der Waals surface area contributed by atoms with E-state index in [0.717, 1.165) is 41.9 Å². The summed E-state index contributed by atoms with van der Waals surface area (Å²) < 4.78 is 8.88. The second-order valence-corrected chi connectivity index (χ2v) is 7.16. The molecule has 5 rings (SSSR count). The maximum atomic E-state index is 13.2. The van der Waals surface area contributed by atoms with Crippen molar-refractivity contribution < 1.29 is 9.53 Å². The smallest absolute Gasteiger partial charge is 0.281 e. The van der Waals surface area contributed by atoms with E-state index in [0.29, 0.717) is 11.6 Å². The first-order valence-electron chi connectivity index (χ1n) is 9.91. The van der Waals surface area contributed by atoms with Gasteiger partial charge in [0, 0.05) is 5.56 Å². The summed E-state index contributed by atoms with van der Waals surface area (Å²) in [7, 11) is 1.54. The minimum Gasteiger partial charge on any atom is -0.493 e. The van der Waals surface area contributed by atoms with Crippen LogP contribution < -0.4 is 10.1 Å². The number of para-hydroxylation sites is 2. The number of nitrogens with zero attached hydrogens (tertiary/aromatic N) is 4. The van der Waals surface area contributed by atoms with Crippen LogP contribution in [0.3, 0.4) is 0 Å². The van der Waals surface area contributed by atoms with Gasteiger partial charge in [0.25, 0.3) is 5.91 Å². The van der Waals surface area contributed by atoms with Gasteiger partial charge in [-0.05, 0) is 43.5 Å². The number of methoxy groups -OCH3 is 1. The molecule has 4 aromatic rings. The van der Waals surface area contributed by atoms with Crippen LogP contribution >= 0.6 is 0 Å². The first-order valence-corrected chi connectivity index (χ1v) is 9.91. The molecule has 7 heteroatoms. The first-order chi connectivity index (χ1) is 14.7. The SMILES string of the molecule is COc1cn(-c2ccccc2)nc1C(=O)Nc1c2c(nn1-c1ccccc1)CCC2. The van der Waals surface area contributed by atoms with Gasteiger partial charge in [-0.2, -0.15) is 10.2 Å². The van der Waals surface area contributed by atoms with E-state index in [1.54, 1.807) is 10.9 Å². The molecule has 0 atom stereocenters. The van der Waals surface area contributed by atoms with Crippen molar-refractivity contribution in [2.45, 2.75) is 19.3 Å². The number of amides is 1. The van der Waals surface area contributed by atoms with Crippen LogP contribution in [0, 0.1) is 0 Å². The first kappa shape index (κ1) is 18.2. The number of anilines is 1. The number of aromatic nitrogens is 4. The number of carbonyl (C=O) groups excluding carboxylic acids is 1. The van der Waals surface area contributed by atoms with E-state index in [1.807, 2.05) is 65.3 Å². The minimum atomic E-state index is -0.326. The van der Waals surface area contributed by atoms with Crippen LogP contribution in [0.5, 0.6) is 5.75 Å². The van der Waals surface area contributed by atoms with Gasteiger partial charge in [0.2, 0.25) is 0 Å². The lowest BCUT2D eigenvalue weighted by atomic mass is 10.2. The van der Waals surface area contributed by atoms with Crippen LogP contribution in [0.15, 0.2) is 66.9 Å². The molecule has 30 heavy (non-hydrogen) atoms. The lowest BCUT2D eigenvalue weighted by molar-refractivity contribution is 0.101. The topological polar surface area (TPSA) is 74.0 Å². The van der Waals surface area contributed by atoms with Crippen molar-refractivity contribution in [2.75, 3.05) is 12.4 Å². The van der Waals surface area contributed by atoms with E-state index in [2.05, 4.69) is 10.4 Å². The van der Waals surface area contributed by atoms with Gasteiger partial charge < -0.3 is 10.1 Å². The Morgan fingerprint density at radius 1 is 0.967 bits per heavy atom. The van der Waals surface area contributed by atoms with Crippen molar-refractivity contribution in [1.29, 1.82) is 0 Å². The highest BCUT2D eigenvalue weighted by Crippen LogP contribution is 2.31. The second kappa shape index (κ2) is 7.51. The Bertz CT molecular complexity index is 1200. The van der Waals surface area contributed by atoms with E-state index in [-0.39, 0.29) is 11.6 Å². The predicted octanol–water partition coefficient (Wildman–Crippen LogP) is 3.81. The number of carbonyl (C=O) groups is 1. The Labute approximate surface area is 173 Å². The Kier molecular flexibility index (Phi) is 4.55. The summed E-state index contributed by atoms with van der Waals surface area (Å²) in [6.45, 7) is 0. The summed E-state index contributed by atoms with van der Waals surface area (Å²) in [6, 6.07) is 19.4. The largest absolute Gasteiger partial charge is 0.493 e. The fourth-order valence-corrected chi connectivity index (χ4v) is 3.82. The molecule has 150 valence electrons. The summed E-state index contributed by atoms with van der Waals surface area (Å²) in [4.78, 5) is 13.2. The third-order valence-electron chi connectivity index (χ3n) is 5.28. The van der Waals surface area contributed by atoms with Crippen LogP contribution in [-0.4, -0.2) is 32.6 Å². The highest BCUT2D eigenvalue weighted by Gasteiger charge is 2.26. The molecular weight excluding hydrogens is 378 g/mol. The van der Waals surface area contributed by atoms with Crippen LogP contribution in [0.25, 0.3) is 11.4 Å². The van der Waals surface area contributed by atoms with Crippen molar-refractivity contribution in [3.8, 4) is 17.1 Å². The van der Waals surface area contributed by atoms with Crippen LogP contribution in [0.2, 0.25) is 0 Å². The van der Waals surface area contributed by atoms with Gasteiger partial charge in [-0.15, -0.1) is 0 Å². The minimum absolute atomic E-state index is 0.230. The Morgan fingerprint density at radius 2 is 1.67 bits per heavy atom. The monoisotopic (exact) mass is 399 g/mol. The molecule has 0 fully saturated rings. The van der Waals surface area contributed by atoms with Crippen molar-refractivity contribution in [3.05, 3.63) is 83.8 Å². The van der Waals surface area contributed by atoms with Gasteiger partial charge in [-0.3, -0.25) is 4.79 Å². The number of hydrogen-bond donors (Lipinski definition) is 1. The molecule has 0 bridgehead atoms.